The van der Waals surface area contributed by atoms with E-state index in [1.54, 1.807) is 0 Å². The van der Waals surface area contributed by atoms with Crippen LogP contribution in [0, 0.1) is 0 Å². The second kappa shape index (κ2) is 5.28. The second-order valence-electron chi connectivity index (χ2n) is 3.19. The van der Waals surface area contributed by atoms with Crippen molar-refractivity contribution in [2.45, 2.75) is 20.3 Å². The minimum atomic E-state index is 0.815. The fourth-order valence-electron chi connectivity index (χ4n) is 1.33. The first kappa shape index (κ1) is 10.6. The minimum absolute atomic E-state index is 0.815. The Hall–Kier alpha value is -1.50. The van der Waals surface area contributed by atoms with Gasteiger partial charge in [-0.1, -0.05) is 37.3 Å². The second-order valence-corrected chi connectivity index (χ2v) is 3.19. The molecule has 1 heteroatoms. The van der Waals surface area contributed by atoms with Gasteiger partial charge in [-0.15, -0.1) is 0 Å². The Kier molecular flexibility index (Phi) is 3.99. The molecule has 0 bridgehead atoms. The van der Waals surface area contributed by atoms with E-state index in [4.69, 9.17) is 5.73 Å². The van der Waals surface area contributed by atoms with Crippen molar-refractivity contribution in [1.82, 2.24) is 0 Å². The molecule has 1 nitrogen and oxygen atoms in total. The van der Waals surface area contributed by atoms with Crippen LogP contribution in [-0.4, -0.2) is 0 Å². The first-order valence-electron chi connectivity index (χ1n) is 4.95. The highest BCUT2D eigenvalue weighted by atomic mass is 14.5. The fraction of sp³-hybridized carbons (Fsp3) is 0.231. The van der Waals surface area contributed by atoms with Crippen molar-refractivity contribution in [3.8, 4) is 0 Å². The van der Waals surface area contributed by atoms with Gasteiger partial charge in [-0.25, -0.2) is 0 Å². The number of hydrogen-bond donors (Lipinski definition) is 1. The molecule has 0 saturated heterocycles. The lowest BCUT2D eigenvalue weighted by Gasteiger charge is -2.04. The van der Waals surface area contributed by atoms with Gasteiger partial charge in [0, 0.05) is 5.69 Å². The summed E-state index contributed by atoms with van der Waals surface area (Å²) >= 11 is 0. The summed E-state index contributed by atoms with van der Waals surface area (Å²) in [6, 6.07) is 8.01. The standard InChI is InChI=1S/C13H17N/c1-3-5-6-11(4-2)12-7-9-13(14)10-8-12/h3,5-10H,4,14H2,1-2H3/b5-3-,11-6+. The quantitative estimate of drug-likeness (QED) is 0.567. The summed E-state index contributed by atoms with van der Waals surface area (Å²) in [5, 5.41) is 0. The number of nitrogens with two attached hydrogens (primary N) is 1. The molecule has 0 heterocycles. The van der Waals surface area contributed by atoms with Crippen LogP contribution in [0.1, 0.15) is 25.8 Å². The summed E-state index contributed by atoms with van der Waals surface area (Å²) in [6.45, 7) is 4.18. The Bertz CT molecular complexity index is 331. The maximum Gasteiger partial charge on any atom is 0.0314 e. The van der Waals surface area contributed by atoms with Crippen LogP contribution in [0.25, 0.3) is 5.57 Å². The molecular formula is C13H17N. The zero-order chi connectivity index (χ0) is 10.4. The van der Waals surface area contributed by atoms with Crippen molar-refractivity contribution >= 4 is 11.3 Å². The molecule has 0 atom stereocenters. The topological polar surface area (TPSA) is 26.0 Å². The van der Waals surface area contributed by atoms with Gasteiger partial charge >= 0.3 is 0 Å². The van der Waals surface area contributed by atoms with E-state index in [1.807, 2.05) is 25.1 Å². The van der Waals surface area contributed by atoms with Crippen LogP contribution in [0.5, 0.6) is 0 Å². The maximum absolute atomic E-state index is 5.63. The summed E-state index contributed by atoms with van der Waals surface area (Å²) in [7, 11) is 0. The summed E-state index contributed by atoms with van der Waals surface area (Å²) < 4.78 is 0. The number of allylic oxidation sites excluding steroid dienone is 4. The van der Waals surface area contributed by atoms with Gasteiger partial charge in [0.1, 0.15) is 0 Å². The molecule has 1 rings (SSSR count). The SMILES string of the molecule is C/C=C\C=C(/CC)c1ccc(N)cc1. The molecular weight excluding hydrogens is 170 g/mol. The van der Waals surface area contributed by atoms with Gasteiger partial charge in [0.2, 0.25) is 0 Å². The Morgan fingerprint density at radius 3 is 2.43 bits per heavy atom. The van der Waals surface area contributed by atoms with Crippen molar-refractivity contribution in [3.05, 3.63) is 48.1 Å². The smallest absolute Gasteiger partial charge is 0.0314 e. The summed E-state index contributed by atoms with van der Waals surface area (Å²) in [6.07, 6.45) is 7.28. The Morgan fingerprint density at radius 2 is 1.93 bits per heavy atom. The van der Waals surface area contributed by atoms with Crippen LogP contribution in [0.3, 0.4) is 0 Å². The van der Waals surface area contributed by atoms with Gasteiger partial charge in [0.25, 0.3) is 0 Å². The van der Waals surface area contributed by atoms with E-state index in [0.29, 0.717) is 0 Å². The molecule has 0 unspecified atom stereocenters. The molecule has 0 aliphatic heterocycles. The third kappa shape index (κ3) is 2.77. The average molecular weight is 187 g/mol. The summed E-state index contributed by atoms with van der Waals surface area (Å²) in [4.78, 5) is 0. The van der Waals surface area contributed by atoms with Gasteiger partial charge in [-0.05, 0) is 36.6 Å². The van der Waals surface area contributed by atoms with E-state index in [-0.39, 0.29) is 0 Å². The first-order chi connectivity index (χ1) is 6.77. The van der Waals surface area contributed by atoms with Crippen LogP contribution in [-0.2, 0) is 0 Å². The lowest BCUT2D eigenvalue weighted by Crippen LogP contribution is -1.86. The molecule has 0 amide bonds. The zero-order valence-corrected chi connectivity index (χ0v) is 8.83. The van der Waals surface area contributed by atoms with Gasteiger partial charge in [0.05, 0.1) is 0 Å². The summed E-state index contributed by atoms with van der Waals surface area (Å²) in [5.74, 6) is 0. The van der Waals surface area contributed by atoms with E-state index in [1.165, 1.54) is 11.1 Å². The zero-order valence-electron chi connectivity index (χ0n) is 8.83. The molecule has 2 N–H and O–H groups in total. The molecule has 14 heavy (non-hydrogen) atoms. The molecule has 1 aromatic carbocycles. The van der Waals surface area contributed by atoms with Crippen LogP contribution < -0.4 is 5.73 Å². The van der Waals surface area contributed by atoms with E-state index in [9.17, 15) is 0 Å². The molecule has 1 aromatic rings. The van der Waals surface area contributed by atoms with Gasteiger partial charge in [-0.2, -0.15) is 0 Å². The van der Waals surface area contributed by atoms with Gasteiger partial charge in [0.15, 0.2) is 0 Å². The number of rotatable bonds is 3. The van der Waals surface area contributed by atoms with Crippen molar-refractivity contribution in [2.75, 3.05) is 5.73 Å². The molecule has 0 aliphatic rings. The molecule has 74 valence electrons. The Morgan fingerprint density at radius 1 is 1.29 bits per heavy atom. The fourth-order valence-corrected chi connectivity index (χ4v) is 1.33. The monoisotopic (exact) mass is 187 g/mol. The molecule has 0 aliphatic carbocycles. The van der Waals surface area contributed by atoms with Crippen LogP contribution >= 0.6 is 0 Å². The lowest BCUT2D eigenvalue weighted by atomic mass is 10.0. The lowest BCUT2D eigenvalue weighted by molar-refractivity contribution is 1.24. The van der Waals surface area contributed by atoms with E-state index < -0.39 is 0 Å². The number of hydrogen-bond acceptors (Lipinski definition) is 1. The number of benzene rings is 1. The third-order valence-electron chi connectivity index (χ3n) is 2.15. The van der Waals surface area contributed by atoms with Crippen LogP contribution in [0.15, 0.2) is 42.5 Å². The summed E-state index contributed by atoms with van der Waals surface area (Å²) in [5.41, 5.74) is 9.04. The normalized spacial score (nSPS) is 12.3. The van der Waals surface area contributed by atoms with Crippen molar-refractivity contribution in [3.63, 3.8) is 0 Å². The molecule has 0 fully saturated rings. The predicted octanol–water partition coefficient (Wildman–Crippen LogP) is 3.64. The molecule has 0 radical (unpaired) electrons. The van der Waals surface area contributed by atoms with Crippen molar-refractivity contribution in [2.24, 2.45) is 0 Å². The van der Waals surface area contributed by atoms with Crippen LogP contribution in [0.4, 0.5) is 5.69 Å². The Balaban J connectivity index is 2.95. The van der Waals surface area contributed by atoms with Crippen LogP contribution in [0.2, 0.25) is 0 Å². The largest absolute Gasteiger partial charge is 0.399 e. The highest BCUT2D eigenvalue weighted by molar-refractivity contribution is 5.68. The van der Waals surface area contributed by atoms with E-state index in [2.05, 4.69) is 31.2 Å². The maximum atomic E-state index is 5.63. The van der Waals surface area contributed by atoms with Crippen molar-refractivity contribution < 1.29 is 0 Å². The molecule has 0 saturated carbocycles. The highest BCUT2D eigenvalue weighted by Crippen LogP contribution is 2.19. The van der Waals surface area contributed by atoms with Gasteiger partial charge < -0.3 is 5.73 Å². The molecule has 0 aromatic heterocycles. The number of anilines is 1. The average Bonchev–Trinajstić information content (AvgIpc) is 2.21. The third-order valence-corrected chi connectivity index (χ3v) is 2.15. The van der Waals surface area contributed by atoms with Crippen molar-refractivity contribution in [1.29, 1.82) is 0 Å². The predicted molar refractivity (Wildman–Crippen MR) is 63.9 cm³/mol. The first-order valence-corrected chi connectivity index (χ1v) is 4.95. The van der Waals surface area contributed by atoms with E-state index >= 15 is 0 Å². The van der Waals surface area contributed by atoms with Gasteiger partial charge in [-0.3, -0.25) is 0 Å². The minimum Gasteiger partial charge on any atom is -0.399 e. The Labute approximate surface area is 85.9 Å². The molecule has 0 spiro atoms. The van der Waals surface area contributed by atoms with E-state index in [0.717, 1.165) is 12.1 Å². The highest BCUT2D eigenvalue weighted by Gasteiger charge is 1.96. The number of nitrogen functional groups attached to an aromatic ring is 1.